The summed E-state index contributed by atoms with van der Waals surface area (Å²) in [7, 11) is 0. The molecule has 0 amide bonds. The van der Waals surface area contributed by atoms with Gasteiger partial charge >= 0.3 is 0 Å². The number of para-hydroxylation sites is 3. The minimum absolute atomic E-state index is 0.0589. The lowest BCUT2D eigenvalue weighted by Gasteiger charge is -2.41. The van der Waals surface area contributed by atoms with E-state index in [-0.39, 0.29) is 12.1 Å². The fourth-order valence-corrected chi connectivity index (χ4v) is 9.40. The van der Waals surface area contributed by atoms with E-state index in [9.17, 15) is 0 Å². The maximum Gasteiger partial charge on any atom is 0.252 e. The van der Waals surface area contributed by atoms with E-state index in [1.165, 1.54) is 66.6 Å². The molecular formula is C42H28BClN2O. The molecule has 1 aliphatic carbocycles. The SMILES string of the molecule is Cc1cc2c3c(c1)-n1c4c(c5cccc(c51)B3c1ccc(Cl)cc1N2c1cccc2c1oc1ccccc12)-c1ccccc1C4(C)C. The molecule has 0 spiro atoms. The highest BCUT2D eigenvalue weighted by molar-refractivity contribution is 7.00. The number of hydrogen-bond acceptors (Lipinski definition) is 2. The molecule has 0 saturated carbocycles. The summed E-state index contributed by atoms with van der Waals surface area (Å²) in [4.78, 5) is 2.41. The monoisotopic (exact) mass is 622 g/mol. The van der Waals surface area contributed by atoms with Crippen LogP contribution in [0, 0.1) is 6.92 Å². The summed E-state index contributed by atoms with van der Waals surface area (Å²) in [6.45, 7) is 7.06. The van der Waals surface area contributed by atoms with Gasteiger partial charge < -0.3 is 13.9 Å². The number of hydrogen-bond donors (Lipinski definition) is 0. The van der Waals surface area contributed by atoms with Gasteiger partial charge in [0.15, 0.2) is 5.58 Å². The van der Waals surface area contributed by atoms with Gasteiger partial charge in [0.25, 0.3) is 6.71 Å². The predicted octanol–water partition coefficient (Wildman–Crippen LogP) is 9.41. The number of rotatable bonds is 1. The second-order valence-electron chi connectivity index (χ2n) is 13.9. The summed E-state index contributed by atoms with van der Waals surface area (Å²) >= 11 is 6.84. The molecule has 5 heteroatoms. The van der Waals surface area contributed by atoms with Gasteiger partial charge in [-0.05, 0) is 76.4 Å². The molecule has 222 valence electrons. The molecule has 0 bridgehead atoms. The number of aryl methyl sites for hydroxylation is 1. The van der Waals surface area contributed by atoms with Crippen LogP contribution in [-0.2, 0) is 5.41 Å². The first kappa shape index (κ1) is 25.9. The van der Waals surface area contributed by atoms with Crippen molar-refractivity contribution >= 4 is 84.6 Å². The molecule has 3 nitrogen and oxygen atoms in total. The van der Waals surface area contributed by atoms with Crippen LogP contribution in [0.4, 0.5) is 17.1 Å². The molecule has 2 aliphatic heterocycles. The summed E-state index contributed by atoms with van der Waals surface area (Å²) in [5, 5.41) is 4.28. The second kappa shape index (κ2) is 8.58. The minimum Gasteiger partial charge on any atom is -0.454 e. The van der Waals surface area contributed by atoms with Gasteiger partial charge in [0.1, 0.15) is 5.58 Å². The maximum atomic E-state index is 6.84. The lowest BCUT2D eigenvalue weighted by molar-refractivity contribution is 0.624. The largest absolute Gasteiger partial charge is 0.454 e. The lowest BCUT2D eigenvalue weighted by atomic mass is 9.33. The normalized spacial score (nSPS) is 14.9. The standard InChI is InChI=1S/C42H28BClN2O/c1-23-20-34-38-35(21-23)46-39-28(37-27-11-4-6-14-29(27)42(2,3)41(37)46)13-8-15-31(39)43(38)30-19-18-24(44)22-33(30)45(34)32-16-9-12-26-25-10-5-7-17-36(25)47-40(26)32/h4-22H,1-3H3. The van der Waals surface area contributed by atoms with Crippen LogP contribution in [0.1, 0.15) is 30.7 Å². The van der Waals surface area contributed by atoms with Crippen molar-refractivity contribution in [3.8, 4) is 16.8 Å². The molecule has 3 aliphatic rings. The first-order chi connectivity index (χ1) is 22.9. The molecule has 0 unspecified atom stereocenters. The highest BCUT2D eigenvalue weighted by atomic mass is 35.5. The Morgan fingerprint density at radius 3 is 2.36 bits per heavy atom. The Morgan fingerprint density at radius 2 is 1.45 bits per heavy atom. The molecule has 0 N–H and O–H groups in total. The zero-order chi connectivity index (χ0) is 31.3. The van der Waals surface area contributed by atoms with Gasteiger partial charge in [-0.3, -0.25) is 0 Å². The van der Waals surface area contributed by atoms with Crippen LogP contribution in [0.3, 0.4) is 0 Å². The van der Waals surface area contributed by atoms with Crippen molar-refractivity contribution in [1.29, 1.82) is 0 Å². The summed E-state index contributed by atoms with van der Waals surface area (Å²) in [6.07, 6.45) is 0. The first-order valence-electron chi connectivity index (χ1n) is 16.3. The van der Waals surface area contributed by atoms with Crippen LogP contribution < -0.4 is 21.3 Å². The molecule has 0 atom stereocenters. The highest BCUT2D eigenvalue weighted by Gasteiger charge is 2.47. The average molecular weight is 623 g/mol. The van der Waals surface area contributed by atoms with E-state index in [2.05, 4.69) is 133 Å². The molecule has 2 aromatic heterocycles. The minimum atomic E-state index is -0.161. The van der Waals surface area contributed by atoms with Crippen molar-refractivity contribution in [3.63, 3.8) is 0 Å². The number of fused-ring (bicyclic) bond motifs is 12. The van der Waals surface area contributed by atoms with Crippen LogP contribution >= 0.6 is 11.6 Å². The van der Waals surface area contributed by atoms with Gasteiger partial charge in [0.05, 0.1) is 5.69 Å². The van der Waals surface area contributed by atoms with Gasteiger partial charge in [-0.2, -0.15) is 0 Å². The van der Waals surface area contributed by atoms with E-state index in [1.807, 2.05) is 12.1 Å². The van der Waals surface area contributed by atoms with E-state index in [0.29, 0.717) is 0 Å². The third-order valence-corrected chi connectivity index (χ3v) is 11.2. The van der Waals surface area contributed by atoms with E-state index < -0.39 is 0 Å². The molecule has 0 saturated heterocycles. The first-order valence-corrected chi connectivity index (χ1v) is 16.7. The molecule has 0 radical (unpaired) electrons. The van der Waals surface area contributed by atoms with E-state index >= 15 is 0 Å². The fraction of sp³-hybridized carbons (Fsp3) is 0.0952. The van der Waals surface area contributed by atoms with Crippen molar-refractivity contribution < 1.29 is 4.42 Å². The molecule has 8 aromatic rings. The highest BCUT2D eigenvalue weighted by Crippen LogP contribution is 2.54. The topological polar surface area (TPSA) is 21.3 Å². The third-order valence-electron chi connectivity index (χ3n) is 11.0. The van der Waals surface area contributed by atoms with E-state index in [0.717, 1.165) is 38.3 Å². The smallest absolute Gasteiger partial charge is 0.252 e. The number of benzene rings is 6. The summed E-state index contributed by atoms with van der Waals surface area (Å²) < 4.78 is 9.27. The van der Waals surface area contributed by atoms with E-state index in [4.69, 9.17) is 16.0 Å². The van der Waals surface area contributed by atoms with Crippen LogP contribution in [-0.4, -0.2) is 11.3 Å². The molecule has 11 rings (SSSR count). The molecular weight excluding hydrogens is 595 g/mol. The average Bonchev–Trinajstić information content (AvgIpc) is 3.71. The van der Waals surface area contributed by atoms with Gasteiger partial charge in [0, 0.05) is 60.4 Å². The van der Waals surface area contributed by atoms with Crippen molar-refractivity contribution in [3.05, 3.63) is 137 Å². The number of halogens is 1. The molecule has 6 aromatic carbocycles. The van der Waals surface area contributed by atoms with Crippen molar-refractivity contribution in [1.82, 2.24) is 4.57 Å². The second-order valence-corrected chi connectivity index (χ2v) is 14.3. The Labute approximate surface area is 277 Å². The van der Waals surface area contributed by atoms with E-state index in [1.54, 1.807) is 0 Å². The number of furan rings is 1. The Hall–Kier alpha value is -5.19. The summed E-state index contributed by atoms with van der Waals surface area (Å²) in [6, 6.07) is 41.9. The maximum absolute atomic E-state index is 6.84. The van der Waals surface area contributed by atoms with Crippen LogP contribution in [0.25, 0.3) is 49.7 Å². The Bertz CT molecular complexity index is 2710. The van der Waals surface area contributed by atoms with Gasteiger partial charge in [-0.1, -0.05) is 104 Å². The Morgan fingerprint density at radius 1 is 0.681 bits per heavy atom. The molecule has 47 heavy (non-hydrogen) atoms. The fourth-order valence-electron chi connectivity index (χ4n) is 9.23. The lowest BCUT2D eigenvalue weighted by Crippen LogP contribution is -2.60. The number of aromatic nitrogens is 1. The van der Waals surface area contributed by atoms with Crippen molar-refractivity contribution in [2.24, 2.45) is 0 Å². The van der Waals surface area contributed by atoms with Gasteiger partial charge in [0.2, 0.25) is 0 Å². The van der Waals surface area contributed by atoms with Gasteiger partial charge in [-0.25, -0.2) is 0 Å². The molecule has 4 heterocycles. The molecule has 0 fully saturated rings. The zero-order valence-electron chi connectivity index (χ0n) is 26.2. The number of nitrogens with zero attached hydrogens (tertiary/aromatic N) is 2. The van der Waals surface area contributed by atoms with Crippen LogP contribution in [0.5, 0.6) is 0 Å². The summed E-state index contributed by atoms with van der Waals surface area (Å²) in [5.41, 5.74) is 18.1. The van der Waals surface area contributed by atoms with Crippen molar-refractivity contribution in [2.45, 2.75) is 26.2 Å². The van der Waals surface area contributed by atoms with Crippen LogP contribution in [0.15, 0.2) is 120 Å². The summed E-state index contributed by atoms with van der Waals surface area (Å²) in [5.74, 6) is 0. The van der Waals surface area contributed by atoms with Crippen molar-refractivity contribution in [2.75, 3.05) is 4.90 Å². The van der Waals surface area contributed by atoms with Crippen LogP contribution in [0.2, 0.25) is 5.02 Å². The number of anilines is 3. The predicted molar refractivity (Wildman–Crippen MR) is 197 cm³/mol. The third kappa shape index (κ3) is 3.06. The zero-order valence-corrected chi connectivity index (χ0v) is 27.0. The Balaban J connectivity index is 1.30. The Kier molecular flexibility index (Phi) is 4.74. The van der Waals surface area contributed by atoms with Gasteiger partial charge in [-0.15, -0.1) is 0 Å². The quantitative estimate of drug-likeness (QED) is 0.170.